The van der Waals surface area contributed by atoms with Crippen molar-refractivity contribution in [2.24, 2.45) is 5.92 Å². The van der Waals surface area contributed by atoms with Crippen LogP contribution in [0.5, 0.6) is 0 Å². The highest BCUT2D eigenvalue weighted by molar-refractivity contribution is 7.16. The summed E-state index contributed by atoms with van der Waals surface area (Å²) in [5.74, 6) is -1.88. The zero-order chi connectivity index (χ0) is 15.6. The summed E-state index contributed by atoms with van der Waals surface area (Å²) in [4.78, 5) is 39.8. The number of fused-ring (bicyclic) bond motifs is 1. The number of nitrogens with zero attached hydrogens (tertiary/aromatic N) is 2. The zero-order valence-electron chi connectivity index (χ0n) is 11.6. The van der Waals surface area contributed by atoms with Crippen LogP contribution in [0.25, 0.3) is 10.2 Å². The van der Waals surface area contributed by atoms with E-state index < -0.39 is 17.9 Å². The van der Waals surface area contributed by atoms with E-state index in [2.05, 4.69) is 10.3 Å². The van der Waals surface area contributed by atoms with E-state index in [0.29, 0.717) is 10.2 Å². The quantitative estimate of drug-likeness (QED) is 0.846. The zero-order valence-corrected chi connectivity index (χ0v) is 12.4. The third-order valence-electron chi connectivity index (χ3n) is 3.01. The molecule has 0 spiro atoms. The maximum Gasteiger partial charge on any atom is 0.326 e. The van der Waals surface area contributed by atoms with Crippen molar-refractivity contribution < 1.29 is 14.7 Å². The third-order valence-corrected chi connectivity index (χ3v) is 3.83. The molecule has 0 aromatic carbocycles. The van der Waals surface area contributed by atoms with E-state index in [1.165, 1.54) is 22.2 Å². The summed E-state index contributed by atoms with van der Waals surface area (Å²) in [5.41, 5.74) is -0.312. The SMILES string of the molecule is CC(C)C(NC(=O)Cn1cnc2sccc2c1=O)C(=O)O. The molecule has 21 heavy (non-hydrogen) atoms. The highest BCUT2D eigenvalue weighted by atomic mass is 32.1. The van der Waals surface area contributed by atoms with Crippen molar-refractivity contribution in [2.75, 3.05) is 0 Å². The lowest BCUT2D eigenvalue weighted by Gasteiger charge is -2.18. The van der Waals surface area contributed by atoms with Gasteiger partial charge in [0.1, 0.15) is 17.4 Å². The van der Waals surface area contributed by atoms with Crippen molar-refractivity contribution in [1.82, 2.24) is 14.9 Å². The second kappa shape index (κ2) is 6.04. The maximum atomic E-state index is 12.1. The van der Waals surface area contributed by atoms with Gasteiger partial charge in [-0.3, -0.25) is 14.2 Å². The fourth-order valence-corrected chi connectivity index (χ4v) is 2.62. The van der Waals surface area contributed by atoms with Crippen LogP contribution in [-0.2, 0) is 16.1 Å². The molecule has 0 aliphatic heterocycles. The minimum absolute atomic E-state index is 0.249. The largest absolute Gasteiger partial charge is 0.480 e. The van der Waals surface area contributed by atoms with Crippen LogP contribution in [0.15, 0.2) is 22.6 Å². The number of carboxylic acids is 1. The molecule has 0 fully saturated rings. The van der Waals surface area contributed by atoms with Crippen LogP contribution >= 0.6 is 11.3 Å². The molecule has 1 atom stereocenters. The Hall–Kier alpha value is -2.22. The Balaban J connectivity index is 2.16. The Labute approximate surface area is 124 Å². The molecule has 0 aliphatic carbocycles. The highest BCUT2D eigenvalue weighted by Crippen LogP contribution is 2.13. The molecule has 8 heteroatoms. The molecule has 1 amide bonds. The molecular formula is C13H15N3O4S. The van der Waals surface area contributed by atoms with Gasteiger partial charge in [0, 0.05) is 0 Å². The molecule has 2 aromatic heterocycles. The minimum Gasteiger partial charge on any atom is -0.480 e. The molecule has 2 heterocycles. The molecular weight excluding hydrogens is 294 g/mol. The molecule has 0 saturated carbocycles. The van der Waals surface area contributed by atoms with Crippen LogP contribution in [0, 0.1) is 5.92 Å². The van der Waals surface area contributed by atoms with Crippen molar-refractivity contribution in [3.8, 4) is 0 Å². The first-order valence-electron chi connectivity index (χ1n) is 6.35. The number of carbonyl (C=O) groups excluding carboxylic acids is 1. The molecule has 112 valence electrons. The van der Waals surface area contributed by atoms with E-state index in [4.69, 9.17) is 5.11 Å². The number of carboxylic acid groups (broad SMARTS) is 1. The van der Waals surface area contributed by atoms with Gasteiger partial charge in [0.05, 0.1) is 11.7 Å². The number of nitrogens with one attached hydrogen (secondary N) is 1. The molecule has 0 saturated heterocycles. The number of rotatable bonds is 5. The average Bonchev–Trinajstić information content (AvgIpc) is 2.87. The van der Waals surface area contributed by atoms with Gasteiger partial charge in [0.2, 0.25) is 5.91 Å². The minimum atomic E-state index is -1.10. The summed E-state index contributed by atoms with van der Waals surface area (Å²) in [6, 6.07) is 0.670. The predicted molar refractivity (Wildman–Crippen MR) is 78.3 cm³/mol. The van der Waals surface area contributed by atoms with Gasteiger partial charge in [-0.1, -0.05) is 13.8 Å². The topological polar surface area (TPSA) is 101 Å². The number of aromatic nitrogens is 2. The fraction of sp³-hybridized carbons (Fsp3) is 0.385. The lowest BCUT2D eigenvalue weighted by Crippen LogP contribution is -2.46. The third kappa shape index (κ3) is 3.27. The van der Waals surface area contributed by atoms with Crippen LogP contribution < -0.4 is 10.9 Å². The highest BCUT2D eigenvalue weighted by Gasteiger charge is 2.23. The van der Waals surface area contributed by atoms with Gasteiger partial charge in [-0.25, -0.2) is 9.78 Å². The molecule has 7 nitrogen and oxygen atoms in total. The Morgan fingerprint density at radius 3 is 2.81 bits per heavy atom. The van der Waals surface area contributed by atoms with Crippen molar-refractivity contribution in [3.63, 3.8) is 0 Å². The van der Waals surface area contributed by atoms with Crippen molar-refractivity contribution in [2.45, 2.75) is 26.4 Å². The van der Waals surface area contributed by atoms with Crippen LogP contribution in [0.2, 0.25) is 0 Å². The number of amides is 1. The summed E-state index contributed by atoms with van der Waals surface area (Å²) in [6.45, 7) is 3.14. The lowest BCUT2D eigenvalue weighted by molar-refractivity contribution is -0.143. The van der Waals surface area contributed by atoms with Crippen LogP contribution in [0.4, 0.5) is 0 Å². The molecule has 1 unspecified atom stereocenters. The molecule has 0 bridgehead atoms. The van der Waals surface area contributed by atoms with Gasteiger partial charge in [0.15, 0.2) is 0 Å². The summed E-state index contributed by atoms with van der Waals surface area (Å²) in [5, 5.41) is 13.6. The van der Waals surface area contributed by atoms with E-state index >= 15 is 0 Å². The smallest absolute Gasteiger partial charge is 0.326 e. The first-order valence-corrected chi connectivity index (χ1v) is 7.23. The monoisotopic (exact) mass is 309 g/mol. The van der Waals surface area contributed by atoms with Gasteiger partial charge < -0.3 is 10.4 Å². The summed E-state index contributed by atoms with van der Waals surface area (Å²) < 4.78 is 1.17. The Morgan fingerprint density at radius 1 is 1.48 bits per heavy atom. The number of carbonyl (C=O) groups is 2. The molecule has 0 radical (unpaired) electrons. The second-order valence-corrected chi connectivity index (χ2v) is 5.84. The maximum absolute atomic E-state index is 12.1. The van der Waals surface area contributed by atoms with Crippen molar-refractivity contribution >= 4 is 33.4 Å². The average molecular weight is 309 g/mol. The van der Waals surface area contributed by atoms with Crippen molar-refractivity contribution in [1.29, 1.82) is 0 Å². The van der Waals surface area contributed by atoms with Gasteiger partial charge in [-0.15, -0.1) is 11.3 Å². The van der Waals surface area contributed by atoms with Gasteiger partial charge in [-0.05, 0) is 17.4 Å². The number of aliphatic carboxylic acids is 1. The van der Waals surface area contributed by atoms with Crippen LogP contribution in [0.3, 0.4) is 0 Å². The second-order valence-electron chi connectivity index (χ2n) is 4.94. The van der Waals surface area contributed by atoms with Crippen LogP contribution in [-0.4, -0.2) is 32.6 Å². The Morgan fingerprint density at radius 2 is 2.19 bits per heavy atom. The Bertz CT molecular complexity index is 734. The van der Waals surface area contributed by atoms with E-state index in [9.17, 15) is 14.4 Å². The number of hydrogen-bond donors (Lipinski definition) is 2. The van der Waals surface area contributed by atoms with Crippen molar-refractivity contribution in [3.05, 3.63) is 28.1 Å². The molecule has 2 N–H and O–H groups in total. The lowest BCUT2D eigenvalue weighted by atomic mass is 10.1. The van der Waals surface area contributed by atoms with Gasteiger partial charge in [0.25, 0.3) is 5.56 Å². The molecule has 2 aromatic rings. The molecule has 0 aliphatic rings. The van der Waals surface area contributed by atoms with Gasteiger partial charge in [-0.2, -0.15) is 0 Å². The van der Waals surface area contributed by atoms with E-state index in [0.717, 1.165) is 0 Å². The predicted octanol–water partition coefficient (Wildman–Crippen LogP) is 0.683. The number of hydrogen-bond acceptors (Lipinski definition) is 5. The van der Waals surface area contributed by atoms with E-state index in [1.54, 1.807) is 25.3 Å². The fourth-order valence-electron chi connectivity index (χ4n) is 1.89. The van der Waals surface area contributed by atoms with Crippen LogP contribution in [0.1, 0.15) is 13.8 Å². The van der Waals surface area contributed by atoms with E-state index in [1.807, 2.05) is 0 Å². The summed E-state index contributed by atoms with van der Waals surface area (Å²) in [6.07, 6.45) is 1.30. The normalized spacial score (nSPS) is 12.5. The molecule has 2 rings (SSSR count). The first-order chi connectivity index (χ1) is 9.90. The Kier molecular flexibility index (Phi) is 4.37. The first kappa shape index (κ1) is 15.2. The number of thiophene rings is 1. The summed E-state index contributed by atoms with van der Waals surface area (Å²) >= 11 is 1.34. The standard InChI is InChI=1S/C13H15N3O4S/c1-7(2)10(13(19)20)15-9(17)5-16-6-14-11-8(12(16)18)3-4-21-11/h3-4,6-7,10H,5H2,1-2H3,(H,15,17)(H,19,20). The van der Waals surface area contributed by atoms with Gasteiger partial charge >= 0.3 is 5.97 Å². The summed E-state index contributed by atoms with van der Waals surface area (Å²) in [7, 11) is 0. The van der Waals surface area contributed by atoms with E-state index in [-0.39, 0.29) is 18.0 Å².